The molecule has 3 amide bonds. The molecule has 0 aliphatic carbocycles. The van der Waals surface area contributed by atoms with E-state index in [4.69, 9.17) is 9.47 Å². The zero-order chi connectivity index (χ0) is 34.5. The summed E-state index contributed by atoms with van der Waals surface area (Å²) in [5, 5.41) is 9.33. The molecule has 8 atom stereocenters. The lowest BCUT2D eigenvalue weighted by Gasteiger charge is -2.38. The molecular weight excluding hydrogens is 666 g/mol. The van der Waals surface area contributed by atoms with Crippen molar-refractivity contribution in [2.75, 3.05) is 26.7 Å². The number of likely N-dealkylation sites (tertiary alicyclic amines) is 1. The maximum atomic E-state index is 14.4. The molecule has 0 saturated carbocycles. The molecule has 1 N–H and O–H groups in total. The molecule has 3 saturated heterocycles. The van der Waals surface area contributed by atoms with Crippen molar-refractivity contribution in [3.63, 3.8) is 0 Å². The van der Waals surface area contributed by atoms with Gasteiger partial charge >= 0.3 is 5.97 Å². The van der Waals surface area contributed by atoms with Gasteiger partial charge < -0.3 is 29.3 Å². The fraction of sp³-hybridized carbons (Fsp3) is 0.611. The number of ether oxygens (including phenoxy) is 2. The minimum absolute atomic E-state index is 0.0450. The number of halogens is 1. The molecule has 11 heteroatoms. The summed E-state index contributed by atoms with van der Waals surface area (Å²) in [6.07, 6.45) is 4.95. The number of unbranched alkanes of at least 4 members (excludes halogenated alkanes) is 2. The lowest BCUT2D eigenvalue weighted by Crippen LogP contribution is -2.58. The van der Waals surface area contributed by atoms with E-state index in [9.17, 15) is 24.3 Å². The number of alkyl halides is 1. The molecule has 47 heavy (non-hydrogen) atoms. The molecule has 10 nitrogen and oxygen atoms in total. The Morgan fingerprint density at radius 2 is 1.85 bits per heavy atom. The van der Waals surface area contributed by atoms with Gasteiger partial charge in [0, 0.05) is 44.0 Å². The van der Waals surface area contributed by atoms with Crippen LogP contribution in [0.5, 0.6) is 0 Å². The van der Waals surface area contributed by atoms with Gasteiger partial charge in [-0.1, -0.05) is 58.4 Å². The molecule has 2 bridgehead atoms. The van der Waals surface area contributed by atoms with Gasteiger partial charge in [-0.15, -0.1) is 13.2 Å². The maximum Gasteiger partial charge on any atom is 0.313 e. The van der Waals surface area contributed by atoms with Crippen molar-refractivity contribution in [2.24, 2.45) is 11.8 Å². The highest BCUT2D eigenvalue weighted by atomic mass is 79.9. The molecular formula is C36H50BrN3O7. The average Bonchev–Trinajstić information content (AvgIpc) is 3.65. The second-order valence-corrected chi connectivity index (χ2v) is 14.4. The molecule has 1 spiro atoms. The number of fused-ring (bicyclic) bond motifs is 1. The summed E-state index contributed by atoms with van der Waals surface area (Å²) in [5.74, 6) is -3.08. The Morgan fingerprint density at radius 3 is 2.47 bits per heavy atom. The largest absolute Gasteiger partial charge is 0.455 e. The van der Waals surface area contributed by atoms with Crippen LogP contribution in [0.1, 0.15) is 71.0 Å². The Kier molecular flexibility index (Phi) is 12.5. The van der Waals surface area contributed by atoms with Crippen LogP contribution in [0.2, 0.25) is 0 Å². The van der Waals surface area contributed by atoms with E-state index >= 15 is 0 Å². The SMILES string of the molecule is C=CCCC(=O)N(C)[C@@H](C)[C@@H](OC(=O)[C@@H]1[C@H]2O[C@@]3(CC2Br)[C@H](C(=O)N(CC=C)C(C)C)N(CCCCCO)C(=O)[C@@H]13)c1ccccc1. The van der Waals surface area contributed by atoms with Crippen LogP contribution in [0.3, 0.4) is 0 Å². The van der Waals surface area contributed by atoms with Crippen molar-refractivity contribution in [1.82, 2.24) is 14.7 Å². The van der Waals surface area contributed by atoms with Gasteiger partial charge in [0.1, 0.15) is 17.7 Å². The van der Waals surface area contributed by atoms with Crippen molar-refractivity contribution in [3.05, 3.63) is 61.2 Å². The fourth-order valence-electron chi connectivity index (χ4n) is 7.46. The Balaban J connectivity index is 1.70. The van der Waals surface area contributed by atoms with E-state index < -0.39 is 47.7 Å². The molecule has 1 aromatic carbocycles. The molecule has 3 fully saturated rings. The average molecular weight is 717 g/mol. The van der Waals surface area contributed by atoms with Crippen LogP contribution in [0, 0.1) is 11.8 Å². The molecule has 4 rings (SSSR count). The number of esters is 1. The summed E-state index contributed by atoms with van der Waals surface area (Å²) >= 11 is 3.74. The van der Waals surface area contributed by atoms with Crippen LogP contribution < -0.4 is 0 Å². The quantitative estimate of drug-likeness (QED) is 0.110. The van der Waals surface area contributed by atoms with Gasteiger partial charge in [0.2, 0.25) is 17.7 Å². The molecule has 0 radical (unpaired) electrons. The Labute approximate surface area is 287 Å². The zero-order valence-corrected chi connectivity index (χ0v) is 29.6. The summed E-state index contributed by atoms with van der Waals surface area (Å²) in [4.78, 5) is 60.8. The third-order valence-corrected chi connectivity index (χ3v) is 10.8. The van der Waals surface area contributed by atoms with Gasteiger partial charge in [-0.3, -0.25) is 19.2 Å². The monoisotopic (exact) mass is 715 g/mol. The van der Waals surface area contributed by atoms with E-state index in [1.54, 1.807) is 33.9 Å². The number of carbonyl (C=O) groups is 4. The first-order valence-electron chi connectivity index (χ1n) is 16.7. The van der Waals surface area contributed by atoms with Crippen molar-refractivity contribution in [2.45, 2.75) is 100 Å². The number of carbonyl (C=O) groups excluding carboxylic acids is 4. The third kappa shape index (κ3) is 7.22. The van der Waals surface area contributed by atoms with Crippen LogP contribution in [-0.4, -0.2) is 105 Å². The first-order valence-corrected chi connectivity index (χ1v) is 17.6. The highest BCUT2D eigenvalue weighted by Gasteiger charge is 2.77. The highest BCUT2D eigenvalue weighted by molar-refractivity contribution is 9.09. The third-order valence-electron chi connectivity index (χ3n) is 9.96. The number of hydrogen-bond acceptors (Lipinski definition) is 7. The Bertz CT molecular complexity index is 1310. The van der Waals surface area contributed by atoms with E-state index in [1.807, 2.05) is 51.1 Å². The van der Waals surface area contributed by atoms with Crippen LogP contribution >= 0.6 is 15.9 Å². The predicted molar refractivity (Wildman–Crippen MR) is 182 cm³/mol. The number of nitrogens with zero attached hydrogens (tertiary/aromatic N) is 3. The predicted octanol–water partition coefficient (Wildman–Crippen LogP) is 4.42. The van der Waals surface area contributed by atoms with Gasteiger partial charge in [0.05, 0.1) is 24.0 Å². The molecule has 3 aliphatic rings. The number of rotatable bonds is 17. The molecule has 3 heterocycles. The lowest BCUT2D eigenvalue weighted by atomic mass is 9.70. The van der Waals surface area contributed by atoms with Crippen LogP contribution in [0.25, 0.3) is 0 Å². The topological polar surface area (TPSA) is 117 Å². The number of hydrogen-bond donors (Lipinski definition) is 1. The summed E-state index contributed by atoms with van der Waals surface area (Å²) in [6.45, 7) is 13.9. The van der Waals surface area contributed by atoms with Gasteiger partial charge in [-0.05, 0) is 58.4 Å². The number of aliphatic hydroxyl groups excluding tert-OH is 1. The van der Waals surface area contributed by atoms with Crippen molar-refractivity contribution in [1.29, 1.82) is 0 Å². The number of likely N-dealkylation sites (N-methyl/N-ethyl adjacent to an activating group) is 1. The number of benzene rings is 1. The number of allylic oxidation sites excluding steroid dienone is 1. The Morgan fingerprint density at radius 1 is 1.15 bits per heavy atom. The highest BCUT2D eigenvalue weighted by Crippen LogP contribution is 2.60. The standard InChI is InChI=1S/C36H50BrN3O7/c1-7-9-18-27(42)38(6)24(5)30(25-16-12-10-13-17-25)46-35(45)28-29-33(43)40(20-14-11-15-21-41)32(34(44)39(19-8-2)23(3)4)36(29)22-26(37)31(28)47-36/h7-8,10,12-13,16-17,23-24,26,28-32,41H,1-2,9,11,14-15,18-22H2,3-6H3/t24-,26?,28-,29+,30+,31-,32-,36+/m0/s1. The first kappa shape index (κ1) is 36.8. The van der Waals surface area contributed by atoms with Crippen LogP contribution in [0.4, 0.5) is 0 Å². The number of amides is 3. The molecule has 1 unspecified atom stereocenters. The fourth-order valence-corrected chi connectivity index (χ4v) is 8.41. The minimum atomic E-state index is -1.21. The van der Waals surface area contributed by atoms with Crippen molar-refractivity contribution in [3.8, 4) is 0 Å². The maximum absolute atomic E-state index is 14.4. The summed E-state index contributed by atoms with van der Waals surface area (Å²) in [5.41, 5.74) is -0.494. The van der Waals surface area contributed by atoms with E-state index in [0.717, 1.165) is 5.56 Å². The molecule has 1 aromatic rings. The van der Waals surface area contributed by atoms with E-state index in [-0.39, 0.29) is 41.6 Å². The lowest BCUT2D eigenvalue weighted by molar-refractivity contribution is -0.164. The molecule has 0 aromatic heterocycles. The summed E-state index contributed by atoms with van der Waals surface area (Å²) in [6, 6.07) is 7.69. The van der Waals surface area contributed by atoms with Crippen LogP contribution in [-0.2, 0) is 28.7 Å². The Hall–Kier alpha value is -3.02. The van der Waals surface area contributed by atoms with Crippen molar-refractivity contribution >= 4 is 39.6 Å². The van der Waals surface area contributed by atoms with E-state index in [0.29, 0.717) is 45.2 Å². The summed E-state index contributed by atoms with van der Waals surface area (Å²) in [7, 11) is 1.69. The van der Waals surface area contributed by atoms with Crippen molar-refractivity contribution < 1.29 is 33.8 Å². The first-order chi connectivity index (χ1) is 22.4. The van der Waals surface area contributed by atoms with E-state index in [2.05, 4.69) is 29.1 Å². The number of aliphatic hydroxyl groups is 1. The smallest absolute Gasteiger partial charge is 0.313 e. The molecule has 258 valence electrons. The summed E-state index contributed by atoms with van der Waals surface area (Å²) < 4.78 is 13.0. The second kappa shape index (κ2) is 15.9. The second-order valence-electron chi connectivity index (χ2n) is 13.2. The van der Waals surface area contributed by atoms with Gasteiger partial charge in [0.15, 0.2) is 0 Å². The van der Waals surface area contributed by atoms with E-state index in [1.165, 1.54) is 0 Å². The van der Waals surface area contributed by atoms with Gasteiger partial charge in [-0.25, -0.2) is 0 Å². The normalized spacial score (nSPS) is 27.3. The minimum Gasteiger partial charge on any atom is -0.455 e. The van der Waals surface area contributed by atoms with Gasteiger partial charge in [0.25, 0.3) is 0 Å². The molecule has 3 aliphatic heterocycles. The van der Waals surface area contributed by atoms with Gasteiger partial charge in [-0.2, -0.15) is 0 Å². The zero-order valence-electron chi connectivity index (χ0n) is 28.1. The van der Waals surface area contributed by atoms with Crippen LogP contribution in [0.15, 0.2) is 55.6 Å².